The van der Waals surface area contributed by atoms with Gasteiger partial charge in [-0.15, -0.1) is 11.3 Å². The first-order valence-corrected chi connectivity index (χ1v) is 31.5. The average molecular weight is 1080 g/mol. The second-order valence-electron chi connectivity index (χ2n) is 29.6. The van der Waals surface area contributed by atoms with Crippen LogP contribution in [-0.4, -0.2) is 17.8 Å². The fraction of sp³-hybridized carbons (Fsp3) is 0.368. The highest BCUT2D eigenvalue weighted by Crippen LogP contribution is 2.66. The van der Waals surface area contributed by atoms with E-state index in [1.165, 1.54) is 159 Å². The van der Waals surface area contributed by atoms with Gasteiger partial charge in [-0.05, 0) is 177 Å². The molecule has 5 heteroatoms. The molecule has 0 radical (unpaired) electrons. The van der Waals surface area contributed by atoms with E-state index in [-0.39, 0.29) is 44.9 Å². The summed E-state index contributed by atoms with van der Waals surface area (Å²) in [7, 11) is 0. The predicted octanol–water partition coefficient (Wildman–Crippen LogP) is 19.4. The minimum Gasteiger partial charge on any atom is -0.335 e. The molecule has 15 rings (SSSR count). The van der Waals surface area contributed by atoms with Gasteiger partial charge in [-0.1, -0.05) is 199 Å². The summed E-state index contributed by atoms with van der Waals surface area (Å²) in [6.45, 7) is 32.1. The standard InChI is InChI=1S/C76H80BN3S/c1-70(2,3)50-29-33-60(55(41-50)48-26-18-15-19-27-48)78-62-34-31-54-56-42-51(71(4,5)6)30-35-65(56)81-69(54)67(62)77-59-44-52(72(7,8)9)43-58-68(59)80(76(13)39-23-21-37-74(58,76)11)64-46-53(45-63(78)66(64)77)79-61-32-28-49(47-24-16-14-17-25-47)40-57(61)73(10)36-20-22-38-75(73,79)12/h14-19,24-35,40-46H,20-23,36-39H2,1-13H3. The molecule has 0 amide bonds. The molecule has 9 aromatic rings. The molecule has 3 nitrogen and oxygen atoms in total. The van der Waals surface area contributed by atoms with E-state index >= 15 is 0 Å². The van der Waals surface area contributed by atoms with Crippen molar-refractivity contribution in [3.05, 3.63) is 179 Å². The summed E-state index contributed by atoms with van der Waals surface area (Å²) in [6, 6.07) is 60.6. The lowest BCUT2D eigenvalue weighted by Crippen LogP contribution is -2.64. The van der Waals surface area contributed by atoms with E-state index in [2.05, 4.69) is 256 Å². The van der Waals surface area contributed by atoms with E-state index in [0.29, 0.717) is 0 Å². The lowest BCUT2D eigenvalue weighted by atomic mass is 9.33. The van der Waals surface area contributed by atoms with Crippen LogP contribution in [0.15, 0.2) is 152 Å². The zero-order valence-corrected chi connectivity index (χ0v) is 51.2. The normalized spacial score (nSPS) is 23.6. The van der Waals surface area contributed by atoms with Crippen molar-refractivity contribution in [2.24, 2.45) is 0 Å². The van der Waals surface area contributed by atoms with Crippen LogP contribution in [0.2, 0.25) is 0 Å². The molecular formula is C76H80BN3S. The van der Waals surface area contributed by atoms with Gasteiger partial charge in [0.25, 0.3) is 6.71 Å². The number of rotatable bonds is 4. The number of hydrogen-bond acceptors (Lipinski definition) is 4. The van der Waals surface area contributed by atoms with Gasteiger partial charge in [-0.25, -0.2) is 0 Å². The van der Waals surface area contributed by atoms with Crippen molar-refractivity contribution in [1.82, 2.24) is 0 Å². The summed E-state index contributed by atoms with van der Waals surface area (Å²) >= 11 is 2.02. The number of benzene rings is 8. The van der Waals surface area contributed by atoms with E-state index in [4.69, 9.17) is 0 Å². The summed E-state index contributed by atoms with van der Waals surface area (Å²) in [5.41, 5.74) is 25.7. The van der Waals surface area contributed by atoms with Gasteiger partial charge in [-0.3, -0.25) is 0 Å². The highest BCUT2D eigenvalue weighted by Gasteiger charge is 2.63. The predicted molar refractivity (Wildman–Crippen MR) is 351 cm³/mol. The monoisotopic (exact) mass is 1080 g/mol. The quantitative estimate of drug-likeness (QED) is 0.163. The molecular weight excluding hydrogens is 998 g/mol. The Bertz CT molecular complexity index is 4110. The van der Waals surface area contributed by atoms with Crippen LogP contribution in [0.4, 0.5) is 39.8 Å². The molecule has 0 spiro atoms. The van der Waals surface area contributed by atoms with Crippen LogP contribution in [0.5, 0.6) is 0 Å². The third kappa shape index (κ3) is 7.00. The first-order chi connectivity index (χ1) is 38.5. The van der Waals surface area contributed by atoms with Crippen molar-refractivity contribution in [1.29, 1.82) is 0 Å². The van der Waals surface area contributed by atoms with Gasteiger partial charge in [0, 0.05) is 65.3 Å². The van der Waals surface area contributed by atoms with Gasteiger partial charge in [0.2, 0.25) is 0 Å². The third-order valence-corrected chi connectivity index (χ3v) is 23.2. The summed E-state index contributed by atoms with van der Waals surface area (Å²) in [5, 5.41) is 2.75. The van der Waals surface area contributed by atoms with Crippen LogP contribution in [0.25, 0.3) is 42.4 Å². The molecule has 2 aliphatic carbocycles. The first kappa shape index (κ1) is 51.3. The van der Waals surface area contributed by atoms with Crippen LogP contribution in [0, 0.1) is 0 Å². The van der Waals surface area contributed by atoms with Crippen molar-refractivity contribution in [2.45, 2.75) is 180 Å². The fourth-order valence-electron chi connectivity index (χ4n) is 16.9. The molecule has 1 aromatic heterocycles. The maximum absolute atomic E-state index is 2.99. The highest BCUT2D eigenvalue weighted by molar-refractivity contribution is 7.28. The topological polar surface area (TPSA) is 9.72 Å². The Kier molecular flexibility index (Phi) is 10.8. The molecule has 4 atom stereocenters. The second-order valence-corrected chi connectivity index (χ2v) is 30.6. The Morgan fingerprint density at radius 2 is 1.01 bits per heavy atom. The number of thiophene rings is 1. The summed E-state index contributed by atoms with van der Waals surface area (Å²) in [5.74, 6) is 0. The summed E-state index contributed by atoms with van der Waals surface area (Å²) in [6.07, 6.45) is 9.60. The highest BCUT2D eigenvalue weighted by atomic mass is 32.1. The fourth-order valence-corrected chi connectivity index (χ4v) is 18.2. The van der Waals surface area contributed by atoms with E-state index in [1.807, 2.05) is 11.3 Å². The largest absolute Gasteiger partial charge is 0.335 e. The molecule has 2 fully saturated rings. The molecule has 408 valence electrons. The molecule has 0 saturated heterocycles. The van der Waals surface area contributed by atoms with Crippen LogP contribution in [0.1, 0.15) is 169 Å². The van der Waals surface area contributed by atoms with Crippen LogP contribution < -0.4 is 31.1 Å². The second kappa shape index (κ2) is 17.0. The molecule has 6 aliphatic rings. The van der Waals surface area contributed by atoms with Crippen LogP contribution in [0.3, 0.4) is 0 Å². The first-order valence-electron chi connectivity index (χ1n) is 30.7. The Hall–Kier alpha value is -6.56. The Morgan fingerprint density at radius 3 is 1.69 bits per heavy atom. The Balaban J connectivity index is 1.11. The summed E-state index contributed by atoms with van der Waals surface area (Å²) in [4.78, 5) is 8.66. The molecule has 0 N–H and O–H groups in total. The molecule has 4 unspecified atom stereocenters. The van der Waals surface area contributed by atoms with E-state index in [9.17, 15) is 0 Å². The van der Waals surface area contributed by atoms with Gasteiger partial charge in [-0.2, -0.15) is 0 Å². The summed E-state index contributed by atoms with van der Waals surface area (Å²) < 4.78 is 2.78. The number of hydrogen-bond donors (Lipinski definition) is 0. The maximum Gasteiger partial charge on any atom is 0.254 e. The van der Waals surface area contributed by atoms with Crippen molar-refractivity contribution in [2.75, 3.05) is 14.7 Å². The van der Waals surface area contributed by atoms with Gasteiger partial charge < -0.3 is 14.7 Å². The van der Waals surface area contributed by atoms with Crippen molar-refractivity contribution in [3.8, 4) is 22.3 Å². The molecule has 5 heterocycles. The van der Waals surface area contributed by atoms with Gasteiger partial charge in [0.1, 0.15) is 0 Å². The number of nitrogens with zero attached hydrogens (tertiary/aromatic N) is 3. The molecule has 81 heavy (non-hydrogen) atoms. The van der Waals surface area contributed by atoms with Crippen LogP contribution in [-0.2, 0) is 27.1 Å². The van der Waals surface area contributed by atoms with E-state index in [0.717, 1.165) is 12.8 Å². The smallest absolute Gasteiger partial charge is 0.254 e. The molecule has 4 aliphatic heterocycles. The zero-order chi connectivity index (χ0) is 56.1. The van der Waals surface area contributed by atoms with Crippen LogP contribution >= 0.6 is 11.3 Å². The van der Waals surface area contributed by atoms with E-state index < -0.39 is 0 Å². The van der Waals surface area contributed by atoms with E-state index in [1.54, 1.807) is 5.56 Å². The average Bonchev–Trinajstić information content (AvgIpc) is 4.23. The zero-order valence-electron chi connectivity index (χ0n) is 50.4. The van der Waals surface area contributed by atoms with Gasteiger partial charge in [0.05, 0.1) is 16.8 Å². The van der Waals surface area contributed by atoms with Crippen molar-refractivity contribution >= 4 is 94.4 Å². The molecule has 8 aromatic carbocycles. The number of anilines is 7. The molecule has 2 saturated carbocycles. The van der Waals surface area contributed by atoms with Gasteiger partial charge in [0.15, 0.2) is 0 Å². The third-order valence-electron chi connectivity index (χ3n) is 22.0. The Morgan fingerprint density at radius 1 is 0.432 bits per heavy atom. The lowest BCUT2D eigenvalue weighted by Gasteiger charge is -2.54. The minimum absolute atomic E-state index is 0.00217. The molecule has 0 bridgehead atoms. The van der Waals surface area contributed by atoms with Gasteiger partial charge >= 0.3 is 0 Å². The van der Waals surface area contributed by atoms with Crippen molar-refractivity contribution in [3.63, 3.8) is 0 Å². The Labute approximate surface area is 487 Å². The number of fused-ring (bicyclic) bond motifs is 14. The SMILES string of the molecule is CC(C)(C)c1ccc(N2c3cc(N4c5ccc(-c6ccccc6)cc5C5(C)CCCCC45C)cc4c3B(c3cc(C(C)(C)C)cc5c3N4C3(C)CCCCC53C)c3c2ccc2c3sc3ccc(C(C)(C)C)cc32)c(-c2ccccc2)c1. The van der Waals surface area contributed by atoms with Crippen molar-refractivity contribution < 1.29 is 0 Å². The minimum atomic E-state index is -0.160. The lowest BCUT2D eigenvalue weighted by molar-refractivity contribution is 0.194. The maximum atomic E-state index is 2.99.